The van der Waals surface area contributed by atoms with Crippen LogP contribution in [0.15, 0.2) is 46.9 Å². The molecule has 3 rings (SSSR count). The molecule has 1 heterocycles. The van der Waals surface area contributed by atoms with Crippen LogP contribution in [-0.4, -0.2) is 20.0 Å². The summed E-state index contributed by atoms with van der Waals surface area (Å²) in [5.74, 6) is -0.0255. The van der Waals surface area contributed by atoms with E-state index in [4.69, 9.17) is 0 Å². The van der Waals surface area contributed by atoms with E-state index in [2.05, 4.69) is 50.4 Å². The lowest BCUT2D eigenvalue weighted by Gasteiger charge is -2.14. The SMILES string of the molecule is CN(C)c1ccc(CC2C(=O)Nc3ccc(Br)cc32)cc1.Cl. The van der Waals surface area contributed by atoms with E-state index < -0.39 is 0 Å². The van der Waals surface area contributed by atoms with Gasteiger partial charge in [-0.15, -0.1) is 12.4 Å². The van der Waals surface area contributed by atoms with Crippen molar-refractivity contribution in [3.8, 4) is 0 Å². The number of benzene rings is 2. The molecule has 5 heteroatoms. The Hall–Kier alpha value is -1.52. The molecule has 0 aliphatic carbocycles. The molecule has 2 aromatic carbocycles. The molecule has 0 fully saturated rings. The number of rotatable bonds is 3. The smallest absolute Gasteiger partial charge is 0.232 e. The van der Waals surface area contributed by atoms with Crippen molar-refractivity contribution in [3.05, 3.63) is 58.1 Å². The van der Waals surface area contributed by atoms with Gasteiger partial charge in [0.25, 0.3) is 0 Å². The van der Waals surface area contributed by atoms with Crippen LogP contribution in [0.1, 0.15) is 17.0 Å². The van der Waals surface area contributed by atoms with Gasteiger partial charge < -0.3 is 10.2 Å². The Balaban J connectivity index is 0.00000176. The summed E-state index contributed by atoms with van der Waals surface area (Å²) in [5.41, 5.74) is 4.34. The molecule has 3 nitrogen and oxygen atoms in total. The van der Waals surface area contributed by atoms with Gasteiger partial charge in [-0.05, 0) is 47.9 Å². The summed E-state index contributed by atoms with van der Waals surface area (Å²) in [7, 11) is 4.04. The van der Waals surface area contributed by atoms with E-state index >= 15 is 0 Å². The first-order chi connectivity index (χ1) is 10.0. The summed E-state index contributed by atoms with van der Waals surface area (Å²) < 4.78 is 1.01. The molecule has 0 saturated carbocycles. The zero-order valence-corrected chi connectivity index (χ0v) is 14.9. The molecule has 116 valence electrons. The van der Waals surface area contributed by atoms with E-state index in [1.54, 1.807) is 0 Å². The number of halogens is 2. The lowest BCUT2D eigenvalue weighted by Crippen LogP contribution is -2.14. The van der Waals surface area contributed by atoms with Crippen LogP contribution < -0.4 is 10.2 Å². The summed E-state index contributed by atoms with van der Waals surface area (Å²) in [6, 6.07) is 14.3. The largest absolute Gasteiger partial charge is 0.378 e. The molecule has 1 aliphatic rings. The maximum atomic E-state index is 12.2. The Bertz CT molecular complexity index is 686. The lowest BCUT2D eigenvalue weighted by molar-refractivity contribution is -0.117. The third kappa shape index (κ3) is 3.28. The zero-order chi connectivity index (χ0) is 15.0. The molecular formula is C17H18BrClN2O. The Morgan fingerprint density at radius 2 is 1.82 bits per heavy atom. The van der Waals surface area contributed by atoms with Crippen LogP contribution in [0.2, 0.25) is 0 Å². The molecule has 1 amide bonds. The number of hydrogen-bond donors (Lipinski definition) is 1. The minimum absolute atomic E-state index is 0. The Morgan fingerprint density at radius 3 is 2.45 bits per heavy atom. The average molecular weight is 382 g/mol. The third-order valence-corrected chi connectivity index (χ3v) is 4.35. The van der Waals surface area contributed by atoms with Gasteiger partial charge >= 0.3 is 0 Å². The van der Waals surface area contributed by atoms with Crippen LogP contribution >= 0.6 is 28.3 Å². The molecule has 2 aromatic rings. The van der Waals surface area contributed by atoms with Crippen LogP contribution in [0.25, 0.3) is 0 Å². The van der Waals surface area contributed by atoms with Crippen molar-refractivity contribution in [3.63, 3.8) is 0 Å². The fourth-order valence-electron chi connectivity index (χ4n) is 2.67. The summed E-state index contributed by atoms with van der Waals surface area (Å²) in [6.07, 6.45) is 0.725. The molecule has 0 saturated heterocycles. The van der Waals surface area contributed by atoms with Crippen molar-refractivity contribution in [2.75, 3.05) is 24.3 Å². The molecule has 0 aromatic heterocycles. The highest BCUT2D eigenvalue weighted by Gasteiger charge is 2.30. The van der Waals surface area contributed by atoms with Crippen molar-refractivity contribution in [1.82, 2.24) is 0 Å². The van der Waals surface area contributed by atoms with Crippen molar-refractivity contribution >= 4 is 45.6 Å². The van der Waals surface area contributed by atoms with Gasteiger partial charge in [0, 0.05) is 29.9 Å². The summed E-state index contributed by atoms with van der Waals surface area (Å²) in [5, 5.41) is 2.96. The molecular weight excluding hydrogens is 364 g/mol. The standard InChI is InChI=1S/C17H17BrN2O.ClH/c1-20(2)13-6-3-11(4-7-13)9-15-14-10-12(18)5-8-16(14)19-17(15)21;/h3-8,10,15H,9H2,1-2H3,(H,19,21);1H. The van der Waals surface area contributed by atoms with Gasteiger partial charge in [-0.2, -0.15) is 0 Å². The minimum Gasteiger partial charge on any atom is -0.378 e. The maximum Gasteiger partial charge on any atom is 0.232 e. The van der Waals surface area contributed by atoms with Gasteiger partial charge in [0.2, 0.25) is 5.91 Å². The van der Waals surface area contributed by atoms with Crippen LogP contribution in [0.3, 0.4) is 0 Å². The fraction of sp³-hybridized carbons (Fsp3) is 0.235. The second-order valence-corrected chi connectivity index (χ2v) is 6.45. The first-order valence-electron chi connectivity index (χ1n) is 6.91. The van der Waals surface area contributed by atoms with E-state index in [1.807, 2.05) is 32.3 Å². The average Bonchev–Trinajstić information content (AvgIpc) is 2.76. The predicted molar refractivity (Wildman–Crippen MR) is 97.2 cm³/mol. The number of carbonyl (C=O) groups is 1. The molecule has 0 spiro atoms. The normalized spacial score (nSPS) is 15.8. The van der Waals surface area contributed by atoms with Crippen LogP contribution in [0.5, 0.6) is 0 Å². The minimum atomic E-state index is -0.109. The lowest BCUT2D eigenvalue weighted by atomic mass is 9.93. The number of carbonyl (C=O) groups excluding carboxylic acids is 1. The van der Waals surface area contributed by atoms with Gasteiger partial charge in [0.1, 0.15) is 0 Å². The summed E-state index contributed by atoms with van der Waals surface area (Å²) in [4.78, 5) is 14.3. The first kappa shape index (κ1) is 16.8. The zero-order valence-electron chi connectivity index (χ0n) is 12.5. The van der Waals surface area contributed by atoms with Crippen LogP contribution in [-0.2, 0) is 11.2 Å². The second kappa shape index (κ2) is 6.71. The van der Waals surface area contributed by atoms with Crippen LogP contribution in [0, 0.1) is 0 Å². The maximum absolute atomic E-state index is 12.2. The predicted octanol–water partition coefficient (Wildman–Crippen LogP) is 4.22. The number of nitrogens with one attached hydrogen (secondary N) is 1. The number of nitrogens with zero attached hydrogens (tertiary/aromatic N) is 1. The van der Waals surface area contributed by atoms with Gasteiger partial charge in [-0.1, -0.05) is 28.1 Å². The number of fused-ring (bicyclic) bond motifs is 1. The topological polar surface area (TPSA) is 32.3 Å². The number of anilines is 2. The van der Waals surface area contributed by atoms with E-state index in [0.29, 0.717) is 0 Å². The van der Waals surface area contributed by atoms with Gasteiger partial charge in [0.15, 0.2) is 0 Å². The molecule has 1 atom stereocenters. The number of amides is 1. The van der Waals surface area contributed by atoms with Gasteiger partial charge in [0.05, 0.1) is 5.92 Å². The molecule has 1 unspecified atom stereocenters. The van der Waals surface area contributed by atoms with E-state index in [1.165, 1.54) is 5.56 Å². The van der Waals surface area contributed by atoms with Crippen molar-refractivity contribution < 1.29 is 4.79 Å². The van der Waals surface area contributed by atoms with Crippen molar-refractivity contribution in [1.29, 1.82) is 0 Å². The monoisotopic (exact) mass is 380 g/mol. The quantitative estimate of drug-likeness (QED) is 0.863. The molecule has 22 heavy (non-hydrogen) atoms. The summed E-state index contributed by atoms with van der Waals surface area (Å²) in [6.45, 7) is 0. The molecule has 0 radical (unpaired) electrons. The van der Waals surface area contributed by atoms with Gasteiger partial charge in [-0.25, -0.2) is 0 Å². The molecule has 0 bridgehead atoms. The second-order valence-electron chi connectivity index (χ2n) is 5.54. The van der Waals surface area contributed by atoms with E-state index in [-0.39, 0.29) is 24.2 Å². The van der Waals surface area contributed by atoms with Gasteiger partial charge in [-0.3, -0.25) is 4.79 Å². The summed E-state index contributed by atoms with van der Waals surface area (Å²) >= 11 is 3.48. The highest BCUT2D eigenvalue weighted by atomic mass is 79.9. The molecule has 1 N–H and O–H groups in total. The van der Waals surface area contributed by atoms with E-state index in [0.717, 1.165) is 27.8 Å². The number of hydrogen-bond acceptors (Lipinski definition) is 2. The Labute approximate surface area is 145 Å². The third-order valence-electron chi connectivity index (χ3n) is 3.86. The fourth-order valence-corrected chi connectivity index (χ4v) is 3.04. The Morgan fingerprint density at radius 1 is 1.14 bits per heavy atom. The van der Waals surface area contributed by atoms with Crippen LogP contribution in [0.4, 0.5) is 11.4 Å². The highest BCUT2D eigenvalue weighted by Crippen LogP contribution is 2.36. The Kier molecular flexibility index (Phi) is 5.14. The van der Waals surface area contributed by atoms with E-state index in [9.17, 15) is 4.79 Å². The highest BCUT2D eigenvalue weighted by molar-refractivity contribution is 9.10. The first-order valence-corrected chi connectivity index (χ1v) is 7.70. The van der Waals surface area contributed by atoms with Crippen molar-refractivity contribution in [2.24, 2.45) is 0 Å². The molecule has 1 aliphatic heterocycles. The van der Waals surface area contributed by atoms with Crippen molar-refractivity contribution in [2.45, 2.75) is 12.3 Å².